The maximum Gasteiger partial charge on any atom is 0.220 e. The van der Waals surface area contributed by atoms with Gasteiger partial charge in [0.15, 0.2) is 0 Å². The van der Waals surface area contributed by atoms with Gasteiger partial charge in [-0.3, -0.25) is 9.59 Å². The number of aryl methyl sites for hydroxylation is 2. The molecule has 2 aromatic heterocycles. The summed E-state index contributed by atoms with van der Waals surface area (Å²) in [6.45, 7) is 4.81. The van der Waals surface area contributed by atoms with Crippen LogP contribution in [0, 0.1) is 13.8 Å². The Hall–Kier alpha value is -3.54. The third-order valence-electron chi connectivity index (χ3n) is 6.65. The van der Waals surface area contributed by atoms with Crippen LogP contribution in [0.5, 0.6) is 0 Å². The Labute approximate surface area is 200 Å². The van der Waals surface area contributed by atoms with Gasteiger partial charge >= 0.3 is 0 Å². The quantitative estimate of drug-likeness (QED) is 0.246. The van der Waals surface area contributed by atoms with Crippen molar-refractivity contribution < 1.29 is 9.59 Å². The number of aromatic nitrogens is 2. The molecule has 178 valence electrons. The molecule has 0 spiro atoms. The minimum Gasteiger partial charge on any atom is -0.359 e. The summed E-state index contributed by atoms with van der Waals surface area (Å²) in [6, 6.07) is 16.6. The Balaban J connectivity index is 1.57. The number of benzene rings is 2. The van der Waals surface area contributed by atoms with Crippen LogP contribution in [0.3, 0.4) is 0 Å². The van der Waals surface area contributed by atoms with Gasteiger partial charge < -0.3 is 20.6 Å². The van der Waals surface area contributed by atoms with E-state index in [9.17, 15) is 9.59 Å². The van der Waals surface area contributed by atoms with Crippen molar-refractivity contribution in [1.82, 2.24) is 20.6 Å². The van der Waals surface area contributed by atoms with E-state index < -0.39 is 0 Å². The Morgan fingerprint density at radius 1 is 0.794 bits per heavy atom. The molecule has 0 bridgehead atoms. The highest BCUT2D eigenvalue weighted by Gasteiger charge is 2.27. The summed E-state index contributed by atoms with van der Waals surface area (Å²) in [6.07, 6.45) is 3.53. The Morgan fingerprint density at radius 2 is 1.35 bits per heavy atom. The molecule has 0 atom stereocenters. The number of para-hydroxylation sites is 2. The number of fused-ring (bicyclic) bond motifs is 2. The van der Waals surface area contributed by atoms with E-state index >= 15 is 0 Å². The molecule has 34 heavy (non-hydrogen) atoms. The molecule has 6 nitrogen and oxygen atoms in total. The van der Waals surface area contributed by atoms with Gasteiger partial charge in [-0.25, -0.2) is 0 Å². The van der Waals surface area contributed by atoms with Gasteiger partial charge in [-0.15, -0.1) is 0 Å². The number of hydrogen-bond donors (Lipinski definition) is 4. The van der Waals surface area contributed by atoms with E-state index in [4.69, 9.17) is 0 Å². The zero-order chi connectivity index (χ0) is 24.1. The van der Waals surface area contributed by atoms with Crippen molar-refractivity contribution >= 4 is 33.6 Å². The molecule has 0 unspecified atom stereocenters. The molecule has 2 aromatic carbocycles. The van der Waals surface area contributed by atoms with Crippen molar-refractivity contribution in [1.29, 1.82) is 0 Å². The van der Waals surface area contributed by atoms with Crippen molar-refractivity contribution in [2.75, 3.05) is 13.6 Å². The standard InChI is InChI=1S/C28H34N4O2/c1-18-27(20-11-6-8-13-23(20)31-18)22(28-19(2)32-24-14-9-7-12-21(24)28)17-26(34)30-16-10-4-5-15-25(33)29-3/h6-9,11-14,22,31-32H,4-5,10,15-17H2,1-3H3,(H,29,33)(H,30,34). The van der Waals surface area contributed by atoms with Crippen LogP contribution < -0.4 is 10.6 Å². The molecule has 4 rings (SSSR count). The molecule has 0 fully saturated rings. The van der Waals surface area contributed by atoms with Gasteiger partial charge in [-0.1, -0.05) is 42.8 Å². The van der Waals surface area contributed by atoms with Gasteiger partial charge in [0.2, 0.25) is 11.8 Å². The fourth-order valence-electron chi connectivity index (χ4n) is 5.04. The van der Waals surface area contributed by atoms with Gasteiger partial charge in [0.1, 0.15) is 0 Å². The molecule has 0 radical (unpaired) electrons. The molecule has 4 N–H and O–H groups in total. The Bertz CT molecular complexity index is 1220. The van der Waals surface area contributed by atoms with E-state index in [2.05, 4.69) is 70.8 Å². The monoisotopic (exact) mass is 458 g/mol. The molecular formula is C28H34N4O2. The number of aromatic amines is 2. The van der Waals surface area contributed by atoms with Crippen LogP contribution in [0.2, 0.25) is 0 Å². The van der Waals surface area contributed by atoms with Crippen LogP contribution in [-0.4, -0.2) is 35.4 Å². The van der Waals surface area contributed by atoms with Gasteiger partial charge in [0, 0.05) is 65.5 Å². The van der Waals surface area contributed by atoms with Crippen LogP contribution in [-0.2, 0) is 9.59 Å². The topological polar surface area (TPSA) is 89.8 Å². The second kappa shape index (κ2) is 10.6. The Morgan fingerprint density at radius 3 is 1.91 bits per heavy atom. The zero-order valence-electron chi connectivity index (χ0n) is 20.3. The van der Waals surface area contributed by atoms with E-state index in [-0.39, 0.29) is 17.7 Å². The van der Waals surface area contributed by atoms with Crippen LogP contribution in [0.15, 0.2) is 48.5 Å². The molecule has 4 aromatic rings. The minimum absolute atomic E-state index is 0.0469. The van der Waals surface area contributed by atoms with Crippen molar-refractivity contribution in [3.05, 3.63) is 71.0 Å². The molecule has 0 aliphatic heterocycles. The number of nitrogens with one attached hydrogen (secondary N) is 4. The lowest BCUT2D eigenvalue weighted by molar-refractivity contribution is -0.122. The molecule has 2 amide bonds. The Kier molecular flexibility index (Phi) is 7.36. The first-order valence-corrected chi connectivity index (χ1v) is 12.1. The molecule has 0 aliphatic rings. The highest BCUT2D eigenvalue weighted by atomic mass is 16.2. The zero-order valence-corrected chi connectivity index (χ0v) is 20.3. The van der Waals surface area contributed by atoms with E-state index in [1.807, 2.05) is 12.1 Å². The van der Waals surface area contributed by atoms with Crippen LogP contribution in [0.1, 0.15) is 60.5 Å². The van der Waals surface area contributed by atoms with Gasteiger partial charge in [-0.2, -0.15) is 0 Å². The first kappa shape index (κ1) is 23.6. The maximum absolute atomic E-state index is 13.1. The van der Waals surface area contributed by atoms with Crippen molar-refractivity contribution in [2.24, 2.45) is 0 Å². The molecule has 0 aliphatic carbocycles. The lowest BCUT2D eigenvalue weighted by atomic mass is 9.84. The highest BCUT2D eigenvalue weighted by Crippen LogP contribution is 2.40. The third-order valence-corrected chi connectivity index (χ3v) is 6.65. The molecule has 0 saturated heterocycles. The van der Waals surface area contributed by atoms with E-state index in [1.54, 1.807) is 7.05 Å². The largest absolute Gasteiger partial charge is 0.359 e. The van der Waals surface area contributed by atoms with Crippen LogP contribution >= 0.6 is 0 Å². The number of amides is 2. The third kappa shape index (κ3) is 5.01. The van der Waals surface area contributed by atoms with Gasteiger partial charge in [0.05, 0.1) is 0 Å². The van der Waals surface area contributed by atoms with Crippen LogP contribution in [0.25, 0.3) is 21.8 Å². The van der Waals surface area contributed by atoms with E-state index in [0.29, 0.717) is 19.4 Å². The number of carbonyl (C=O) groups excluding carboxylic acids is 2. The maximum atomic E-state index is 13.1. The smallest absolute Gasteiger partial charge is 0.220 e. The second-order valence-corrected chi connectivity index (χ2v) is 9.01. The van der Waals surface area contributed by atoms with Gasteiger partial charge in [0.25, 0.3) is 0 Å². The first-order valence-electron chi connectivity index (χ1n) is 12.1. The SMILES string of the molecule is CNC(=O)CCCCCNC(=O)CC(c1c(C)[nH]c2ccccc12)c1c(C)[nH]c2ccccc12. The predicted molar refractivity (Wildman–Crippen MR) is 138 cm³/mol. The highest BCUT2D eigenvalue weighted by molar-refractivity contribution is 5.91. The number of H-pyrrole nitrogens is 2. The fourth-order valence-corrected chi connectivity index (χ4v) is 5.04. The fraction of sp³-hybridized carbons (Fsp3) is 0.357. The summed E-state index contributed by atoms with van der Waals surface area (Å²) >= 11 is 0. The van der Waals surface area contributed by atoms with Crippen LogP contribution in [0.4, 0.5) is 0 Å². The second-order valence-electron chi connectivity index (χ2n) is 9.01. The lowest BCUT2D eigenvalue weighted by Crippen LogP contribution is -2.26. The average molecular weight is 459 g/mol. The lowest BCUT2D eigenvalue weighted by Gasteiger charge is -2.19. The molecule has 0 saturated carbocycles. The normalized spacial score (nSPS) is 11.4. The van der Waals surface area contributed by atoms with Gasteiger partial charge in [-0.05, 0) is 49.9 Å². The number of rotatable bonds is 10. The van der Waals surface area contributed by atoms with Crippen molar-refractivity contribution in [3.63, 3.8) is 0 Å². The number of carbonyl (C=O) groups is 2. The summed E-state index contributed by atoms with van der Waals surface area (Å²) in [5, 5.41) is 8.08. The number of unbranched alkanes of at least 4 members (excludes halogenated alkanes) is 2. The molecule has 6 heteroatoms. The minimum atomic E-state index is -0.0689. The first-order chi connectivity index (χ1) is 16.5. The molecular weight excluding hydrogens is 424 g/mol. The number of hydrogen-bond acceptors (Lipinski definition) is 2. The summed E-state index contributed by atoms with van der Waals surface area (Å²) in [4.78, 5) is 31.5. The van der Waals surface area contributed by atoms with E-state index in [1.165, 1.54) is 11.1 Å². The summed E-state index contributed by atoms with van der Waals surface area (Å²) < 4.78 is 0. The predicted octanol–water partition coefficient (Wildman–Crippen LogP) is 5.21. The average Bonchev–Trinajstić information content (AvgIpc) is 3.34. The van der Waals surface area contributed by atoms with Crippen molar-refractivity contribution in [2.45, 2.75) is 51.9 Å². The van der Waals surface area contributed by atoms with E-state index in [0.717, 1.165) is 52.5 Å². The van der Waals surface area contributed by atoms with Crippen molar-refractivity contribution in [3.8, 4) is 0 Å². The summed E-state index contributed by atoms with van der Waals surface area (Å²) in [7, 11) is 1.66. The molecule has 2 heterocycles. The summed E-state index contributed by atoms with van der Waals surface area (Å²) in [5.74, 6) is 0.0429. The summed E-state index contributed by atoms with van der Waals surface area (Å²) in [5.41, 5.74) is 6.74.